The van der Waals surface area contributed by atoms with Gasteiger partial charge in [-0.25, -0.2) is 0 Å². The molecule has 2 unspecified atom stereocenters. The van der Waals surface area contributed by atoms with Crippen LogP contribution in [0.3, 0.4) is 0 Å². The summed E-state index contributed by atoms with van der Waals surface area (Å²) in [7, 11) is 3.17. The number of hydrogen-bond donors (Lipinski definition) is 0. The first-order valence-electron chi connectivity index (χ1n) is 10.7. The zero-order valence-corrected chi connectivity index (χ0v) is 19.5. The van der Waals surface area contributed by atoms with Crippen LogP contribution in [0, 0.1) is 0 Å². The van der Waals surface area contributed by atoms with Gasteiger partial charge in [0.15, 0.2) is 22.3 Å². The minimum Gasteiger partial charge on any atom is -0.496 e. The molecule has 1 amide bonds. The molecule has 3 aromatic rings. The molecular formula is C26H24N2O4S. The van der Waals surface area contributed by atoms with Gasteiger partial charge < -0.3 is 14.2 Å². The maximum absolute atomic E-state index is 14.0. The van der Waals surface area contributed by atoms with Crippen molar-refractivity contribution in [2.45, 2.75) is 25.1 Å². The number of methoxy groups -OCH3 is 2. The number of anilines is 1. The van der Waals surface area contributed by atoms with Gasteiger partial charge >= 0.3 is 0 Å². The lowest BCUT2D eigenvalue weighted by Gasteiger charge is -2.55. The van der Waals surface area contributed by atoms with Gasteiger partial charge in [0.05, 0.1) is 25.8 Å². The molecule has 2 aliphatic rings. The number of fused-ring (bicyclic) bond motifs is 4. The number of rotatable bonds is 4. The number of amides is 1. The highest BCUT2D eigenvalue weighted by atomic mass is 32.1. The Kier molecular flexibility index (Phi) is 5.21. The Morgan fingerprint density at radius 2 is 1.64 bits per heavy atom. The van der Waals surface area contributed by atoms with E-state index < -0.39 is 5.72 Å². The molecule has 0 spiro atoms. The highest BCUT2D eigenvalue weighted by Crippen LogP contribution is 2.52. The summed E-state index contributed by atoms with van der Waals surface area (Å²) in [5.41, 5.74) is 1.36. The number of para-hydroxylation sites is 3. The fourth-order valence-corrected chi connectivity index (χ4v) is 5.25. The van der Waals surface area contributed by atoms with E-state index in [2.05, 4.69) is 0 Å². The average molecular weight is 461 g/mol. The molecule has 0 N–H and O–H groups in total. The molecule has 2 aliphatic heterocycles. The maximum atomic E-state index is 14.0. The minimum absolute atomic E-state index is 0.221. The van der Waals surface area contributed by atoms with E-state index in [9.17, 15) is 4.79 Å². The third-order valence-corrected chi connectivity index (χ3v) is 6.61. The molecule has 0 aliphatic carbocycles. The SMILES string of the molecule is COc1ccccc1C(=O)N1C(=S)N(c2ccccc2)C2(C)CC1c1cccc(OC)c1O2. The zero-order chi connectivity index (χ0) is 23.2. The minimum atomic E-state index is -0.803. The fourth-order valence-electron chi connectivity index (χ4n) is 4.75. The van der Waals surface area contributed by atoms with E-state index in [4.69, 9.17) is 26.4 Å². The van der Waals surface area contributed by atoms with Gasteiger partial charge in [-0.15, -0.1) is 0 Å². The lowest BCUT2D eigenvalue weighted by molar-refractivity contribution is 0.0161. The lowest BCUT2D eigenvalue weighted by Crippen LogP contribution is -2.67. The quantitative estimate of drug-likeness (QED) is 0.500. The van der Waals surface area contributed by atoms with Gasteiger partial charge in [0.2, 0.25) is 0 Å². The summed E-state index contributed by atoms with van der Waals surface area (Å²) >= 11 is 5.98. The molecule has 168 valence electrons. The first-order chi connectivity index (χ1) is 16.0. The van der Waals surface area contributed by atoms with Crippen molar-refractivity contribution in [1.29, 1.82) is 0 Å². The van der Waals surface area contributed by atoms with Crippen molar-refractivity contribution in [3.63, 3.8) is 0 Å². The molecule has 2 heterocycles. The van der Waals surface area contributed by atoms with Crippen molar-refractivity contribution in [2.75, 3.05) is 19.1 Å². The molecule has 5 rings (SSSR count). The zero-order valence-electron chi connectivity index (χ0n) is 18.6. The van der Waals surface area contributed by atoms with Gasteiger partial charge in [-0.1, -0.05) is 42.5 Å². The standard InChI is InChI=1S/C26H24N2O4S/c1-26-16-20(18-13-9-15-22(31-3)23(18)32-26)27(24(29)19-12-7-8-14-21(19)30-2)25(33)28(26)17-10-5-4-6-11-17/h4-15,20H,16H2,1-3H3. The molecule has 0 aromatic heterocycles. The molecule has 33 heavy (non-hydrogen) atoms. The van der Waals surface area contributed by atoms with Gasteiger partial charge in [0, 0.05) is 17.7 Å². The maximum Gasteiger partial charge on any atom is 0.264 e. The van der Waals surface area contributed by atoms with E-state index in [1.165, 1.54) is 0 Å². The summed E-state index contributed by atoms with van der Waals surface area (Å²) in [6, 6.07) is 22.4. The van der Waals surface area contributed by atoms with Crippen LogP contribution in [-0.2, 0) is 0 Å². The predicted molar refractivity (Wildman–Crippen MR) is 130 cm³/mol. The van der Waals surface area contributed by atoms with Crippen LogP contribution in [-0.4, -0.2) is 35.9 Å². The number of ether oxygens (including phenoxy) is 3. The van der Waals surface area contributed by atoms with Crippen molar-refractivity contribution < 1.29 is 19.0 Å². The van der Waals surface area contributed by atoms with Crippen LogP contribution in [0.5, 0.6) is 17.2 Å². The Morgan fingerprint density at radius 1 is 0.970 bits per heavy atom. The van der Waals surface area contributed by atoms with Crippen LogP contribution in [0.25, 0.3) is 0 Å². The molecule has 2 atom stereocenters. The van der Waals surface area contributed by atoms with Crippen molar-refractivity contribution in [3.05, 3.63) is 83.9 Å². The molecule has 7 heteroatoms. The fraction of sp³-hybridized carbons (Fsp3) is 0.231. The monoisotopic (exact) mass is 460 g/mol. The summed E-state index contributed by atoms with van der Waals surface area (Å²) in [6.07, 6.45) is 0.531. The predicted octanol–water partition coefficient (Wildman–Crippen LogP) is 5.19. The van der Waals surface area contributed by atoms with Crippen LogP contribution in [0.2, 0.25) is 0 Å². The van der Waals surface area contributed by atoms with Crippen molar-refractivity contribution in [1.82, 2.24) is 4.90 Å². The average Bonchev–Trinajstić information content (AvgIpc) is 2.83. The summed E-state index contributed by atoms with van der Waals surface area (Å²) < 4.78 is 17.7. The third-order valence-electron chi connectivity index (χ3n) is 6.23. The van der Waals surface area contributed by atoms with Crippen LogP contribution in [0.15, 0.2) is 72.8 Å². The number of carbonyl (C=O) groups is 1. The van der Waals surface area contributed by atoms with Gasteiger partial charge in [-0.2, -0.15) is 0 Å². The Bertz CT molecular complexity index is 1230. The van der Waals surface area contributed by atoms with E-state index in [1.54, 1.807) is 31.3 Å². The van der Waals surface area contributed by atoms with Crippen molar-refractivity contribution in [2.24, 2.45) is 0 Å². The number of thiocarbonyl (C=S) groups is 1. The van der Waals surface area contributed by atoms with Gasteiger partial charge in [0.1, 0.15) is 5.75 Å². The third kappa shape index (κ3) is 3.31. The molecule has 2 bridgehead atoms. The first-order valence-corrected chi connectivity index (χ1v) is 11.1. The number of hydrogen-bond acceptors (Lipinski definition) is 5. The largest absolute Gasteiger partial charge is 0.496 e. The second-order valence-electron chi connectivity index (χ2n) is 8.20. The van der Waals surface area contributed by atoms with Crippen molar-refractivity contribution in [3.8, 4) is 17.2 Å². The van der Waals surface area contributed by atoms with E-state index in [0.717, 1.165) is 11.3 Å². The Morgan fingerprint density at radius 3 is 2.36 bits per heavy atom. The smallest absolute Gasteiger partial charge is 0.264 e. The molecule has 3 aromatic carbocycles. The number of benzene rings is 3. The second kappa shape index (κ2) is 8.08. The molecule has 6 nitrogen and oxygen atoms in total. The van der Waals surface area contributed by atoms with Crippen LogP contribution in [0.4, 0.5) is 5.69 Å². The molecular weight excluding hydrogens is 436 g/mol. The summed E-state index contributed by atoms with van der Waals surface area (Å²) in [5.74, 6) is 1.53. The number of carbonyl (C=O) groups excluding carboxylic acids is 1. The Labute approximate surface area is 198 Å². The Balaban J connectivity index is 1.71. The summed E-state index contributed by atoms with van der Waals surface area (Å²) in [5, 5.41) is 0.379. The summed E-state index contributed by atoms with van der Waals surface area (Å²) in [6.45, 7) is 2.00. The highest BCUT2D eigenvalue weighted by molar-refractivity contribution is 7.80. The van der Waals surface area contributed by atoms with Crippen LogP contribution < -0.4 is 19.1 Å². The second-order valence-corrected chi connectivity index (χ2v) is 8.57. The topological polar surface area (TPSA) is 51.2 Å². The summed E-state index contributed by atoms with van der Waals surface area (Å²) in [4.78, 5) is 17.6. The van der Waals surface area contributed by atoms with Crippen LogP contribution in [0.1, 0.15) is 35.3 Å². The number of nitrogens with zero attached hydrogens (tertiary/aromatic N) is 2. The molecule has 0 radical (unpaired) electrons. The van der Waals surface area contributed by atoms with E-state index in [-0.39, 0.29) is 11.9 Å². The first kappa shape index (κ1) is 21.3. The van der Waals surface area contributed by atoms with Gasteiger partial charge in [-0.05, 0) is 49.5 Å². The highest BCUT2D eigenvalue weighted by Gasteiger charge is 2.54. The van der Waals surface area contributed by atoms with Crippen molar-refractivity contribution >= 4 is 28.9 Å². The van der Waals surface area contributed by atoms with E-state index in [1.807, 2.05) is 72.5 Å². The van der Waals surface area contributed by atoms with E-state index >= 15 is 0 Å². The van der Waals surface area contributed by atoms with Crippen LogP contribution >= 0.6 is 12.2 Å². The van der Waals surface area contributed by atoms with Gasteiger partial charge in [-0.3, -0.25) is 14.6 Å². The Hall–Kier alpha value is -3.58. The molecule has 1 fully saturated rings. The lowest BCUT2D eigenvalue weighted by atomic mass is 9.88. The normalized spacial score (nSPS) is 21.2. The molecule has 0 saturated carbocycles. The van der Waals surface area contributed by atoms with Gasteiger partial charge in [0.25, 0.3) is 5.91 Å². The van der Waals surface area contributed by atoms with E-state index in [0.29, 0.717) is 34.3 Å². The molecule has 1 saturated heterocycles.